The summed E-state index contributed by atoms with van der Waals surface area (Å²) in [6, 6.07) is 0.227. The molecule has 0 aromatic carbocycles. The van der Waals surface area contributed by atoms with Crippen molar-refractivity contribution in [3.05, 3.63) is 11.6 Å². The second-order valence-corrected chi connectivity index (χ2v) is 6.27. The Morgan fingerprint density at radius 2 is 2.11 bits per heavy atom. The number of carbonyl (C=O) groups excluding carboxylic acids is 1. The monoisotopic (exact) mass is 280 g/mol. The number of nitrogens with zero attached hydrogens (tertiary/aromatic N) is 3. The quantitative estimate of drug-likeness (QED) is 0.875. The molecule has 1 saturated carbocycles. The summed E-state index contributed by atoms with van der Waals surface area (Å²) in [7, 11) is 0. The summed E-state index contributed by atoms with van der Waals surface area (Å²) in [6.45, 7) is 3.39. The maximum atomic E-state index is 12.4. The number of hydrogen-bond donors (Lipinski definition) is 1. The summed E-state index contributed by atoms with van der Waals surface area (Å²) < 4.78 is 0. The van der Waals surface area contributed by atoms with Crippen LogP contribution in [0.4, 0.5) is 5.13 Å². The third kappa shape index (κ3) is 2.74. The number of amides is 1. The maximum absolute atomic E-state index is 12.4. The van der Waals surface area contributed by atoms with Crippen molar-refractivity contribution in [3.63, 3.8) is 0 Å². The Kier molecular flexibility index (Phi) is 3.70. The van der Waals surface area contributed by atoms with E-state index in [-0.39, 0.29) is 12.0 Å². The predicted octanol–water partition coefficient (Wildman–Crippen LogP) is 0.919. The molecule has 3 rings (SSSR count). The number of aromatic nitrogens is 1. The van der Waals surface area contributed by atoms with E-state index in [0.717, 1.165) is 50.6 Å². The Labute approximate surface area is 117 Å². The van der Waals surface area contributed by atoms with Gasteiger partial charge in [-0.2, -0.15) is 0 Å². The maximum Gasteiger partial charge on any atom is 0.225 e. The van der Waals surface area contributed by atoms with Crippen LogP contribution >= 0.6 is 11.3 Å². The molecule has 2 atom stereocenters. The lowest BCUT2D eigenvalue weighted by molar-refractivity contribution is -0.135. The summed E-state index contributed by atoms with van der Waals surface area (Å²) in [6.07, 6.45) is 4.66. The molecule has 0 radical (unpaired) electrons. The van der Waals surface area contributed by atoms with Crippen molar-refractivity contribution >= 4 is 22.4 Å². The van der Waals surface area contributed by atoms with Crippen LogP contribution in [0, 0.1) is 5.92 Å². The van der Waals surface area contributed by atoms with Crippen molar-refractivity contribution in [2.24, 2.45) is 11.7 Å². The van der Waals surface area contributed by atoms with E-state index >= 15 is 0 Å². The molecule has 6 heteroatoms. The van der Waals surface area contributed by atoms with Gasteiger partial charge < -0.3 is 15.5 Å². The molecule has 2 aliphatic rings. The van der Waals surface area contributed by atoms with Gasteiger partial charge in [-0.15, -0.1) is 11.3 Å². The molecule has 1 saturated heterocycles. The number of piperazine rings is 1. The SMILES string of the molecule is NC1CCC(C(=O)N2CCN(c3nccs3)CC2)C1. The first-order chi connectivity index (χ1) is 9.24. The van der Waals surface area contributed by atoms with Gasteiger partial charge in [0, 0.05) is 49.7 Å². The van der Waals surface area contributed by atoms with E-state index in [1.54, 1.807) is 11.3 Å². The van der Waals surface area contributed by atoms with Gasteiger partial charge in [-0.1, -0.05) is 0 Å². The van der Waals surface area contributed by atoms with Crippen LogP contribution in [-0.4, -0.2) is 48.0 Å². The third-order valence-electron chi connectivity index (χ3n) is 4.10. The van der Waals surface area contributed by atoms with Gasteiger partial charge in [-0.05, 0) is 19.3 Å². The van der Waals surface area contributed by atoms with Crippen molar-refractivity contribution in [1.29, 1.82) is 0 Å². The van der Waals surface area contributed by atoms with E-state index < -0.39 is 0 Å². The van der Waals surface area contributed by atoms with Gasteiger partial charge in [-0.25, -0.2) is 4.98 Å². The fraction of sp³-hybridized carbons (Fsp3) is 0.692. The van der Waals surface area contributed by atoms with E-state index in [1.807, 2.05) is 16.5 Å². The van der Waals surface area contributed by atoms with Gasteiger partial charge in [0.15, 0.2) is 5.13 Å². The second kappa shape index (κ2) is 5.46. The highest BCUT2D eigenvalue weighted by molar-refractivity contribution is 7.13. The van der Waals surface area contributed by atoms with E-state index in [1.165, 1.54) is 0 Å². The lowest BCUT2D eigenvalue weighted by Gasteiger charge is -2.35. The highest BCUT2D eigenvalue weighted by atomic mass is 32.1. The van der Waals surface area contributed by atoms with Gasteiger partial charge >= 0.3 is 0 Å². The molecule has 1 aromatic heterocycles. The van der Waals surface area contributed by atoms with E-state index in [0.29, 0.717) is 5.91 Å². The average Bonchev–Trinajstić information content (AvgIpc) is 3.09. The van der Waals surface area contributed by atoms with Gasteiger partial charge in [0.25, 0.3) is 0 Å². The molecule has 1 amide bonds. The van der Waals surface area contributed by atoms with Crippen molar-refractivity contribution < 1.29 is 4.79 Å². The highest BCUT2D eigenvalue weighted by Gasteiger charge is 2.32. The van der Waals surface area contributed by atoms with Gasteiger partial charge in [0.05, 0.1) is 0 Å². The van der Waals surface area contributed by atoms with Crippen LogP contribution in [0.25, 0.3) is 0 Å². The summed E-state index contributed by atoms with van der Waals surface area (Å²) in [4.78, 5) is 21.0. The first-order valence-electron chi connectivity index (χ1n) is 6.93. The van der Waals surface area contributed by atoms with Crippen LogP contribution in [0.3, 0.4) is 0 Å². The minimum Gasteiger partial charge on any atom is -0.345 e. The van der Waals surface area contributed by atoms with E-state index in [2.05, 4.69) is 9.88 Å². The van der Waals surface area contributed by atoms with Crippen LogP contribution in [-0.2, 0) is 4.79 Å². The third-order valence-corrected chi connectivity index (χ3v) is 4.94. The number of anilines is 1. The minimum atomic E-state index is 0.168. The zero-order valence-corrected chi connectivity index (χ0v) is 11.8. The molecule has 1 aliphatic heterocycles. The fourth-order valence-corrected chi connectivity index (χ4v) is 3.69. The highest BCUT2D eigenvalue weighted by Crippen LogP contribution is 2.27. The van der Waals surface area contributed by atoms with Crippen molar-refractivity contribution in [2.45, 2.75) is 25.3 Å². The number of carbonyl (C=O) groups is 1. The Morgan fingerprint density at radius 1 is 1.32 bits per heavy atom. The smallest absolute Gasteiger partial charge is 0.225 e. The number of hydrogen-bond acceptors (Lipinski definition) is 5. The van der Waals surface area contributed by atoms with Crippen LogP contribution in [0.1, 0.15) is 19.3 Å². The van der Waals surface area contributed by atoms with Gasteiger partial charge in [0.2, 0.25) is 5.91 Å². The zero-order valence-electron chi connectivity index (χ0n) is 11.0. The first-order valence-corrected chi connectivity index (χ1v) is 7.81. The average molecular weight is 280 g/mol. The second-order valence-electron chi connectivity index (χ2n) is 5.40. The molecule has 2 heterocycles. The molecule has 2 fully saturated rings. The number of rotatable bonds is 2. The topological polar surface area (TPSA) is 62.5 Å². The summed E-state index contributed by atoms with van der Waals surface area (Å²) in [5.41, 5.74) is 5.89. The Morgan fingerprint density at radius 3 is 2.68 bits per heavy atom. The van der Waals surface area contributed by atoms with Crippen molar-refractivity contribution in [3.8, 4) is 0 Å². The van der Waals surface area contributed by atoms with Crippen LogP contribution in [0.2, 0.25) is 0 Å². The Balaban J connectivity index is 1.54. The molecular weight excluding hydrogens is 260 g/mol. The number of nitrogens with two attached hydrogens (primary N) is 1. The first kappa shape index (κ1) is 12.9. The fourth-order valence-electron chi connectivity index (χ4n) is 2.99. The summed E-state index contributed by atoms with van der Waals surface area (Å²) in [5, 5.41) is 3.06. The Bertz CT molecular complexity index is 428. The molecule has 2 N–H and O–H groups in total. The number of thiazole rings is 1. The molecule has 0 spiro atoms. The van der Waals surface area contributed by atoms with Gasteiger partial charge in [-0.3, -0.25) is 4.79 Å². The Hall–Kier alpha value is -1.14. The standard InChI is InChI=1S/C13H20N4OS/c14-11-2-1-10(9-11)12(18)16-4-6-17(7-5-16)13-15-3-8-19-13/h3,8,10-11H,1-2,4-7,9,14H2. The lowest BCUT2D eigenvalue weighted by Crippen LogP contribution is -2.50. The largest absolute Gasteiger partial charge is 0.345 e. The van der Waals surface area contributed by atoms with Crippen LogP contribution in [0.15, 0.2) is 11.6 Å². The molecule has 5 nitrogen and oxygen atoms in total. The molecule has 1 aliphatic carbocycles. The molecule has 19 heavy (non-hydrogen) atoms. The molecule has 104 valence electrons. The zero-order chi connectivity index (χ0) is 13.2. The lowest BCUT2D eigenvalue weighted by atomic mass is 10.1. The van der Waals surface area contributed by atoms with E-state index in [9.17, 15) is 4.79 Å². The molecular formula is C13H20N4OS. The normalized spacial score (nSPS) is 27.8. The minimum absolute atomic E-state index is 0.168. The van der Waals surface area contributed by atoms with Crippen LogP contribution in [0.5, 0.6) is 0 Å². The summed E-state index contributed by atoms with van der Waals surface area (Å²) >= 11 is 1.66. The molecule has 0 bridgehead atoms. The predicted molar refractivity (Wildman–Crippen MR) is 76.2 cm³/mol. The van der Waals surface area contributed by atoms with Crippen molar-refractivity contribution in [1.82, 2.24) is 9.88 Å². The molecule has 2 unspecified atom stereocenters. The molecule has 1 aromatic rings. The van der Waals surface area contributed by atoms with Crippen molar-refractivity contribution in [2.75, 3.05) is 31.1 Å². The van der Waals surface area contributed by atoms with Gasteiger partial charge in [0.1, 0.15) is 0 Å². The summed E-state index contributed by atoms with van der Waals surface area (Å²) in [5.74, 6) is 0.480. The van der Waals surface area contributed by atoms with E-state index in [4.69, 9.17) is 5.73 Å². The van der Waals surface area contributed by atoms with Crippen LogP contribution < -0.4 is 10.6 Å².